The topological polar surface area (TPSA) is 70.4 Å². The van der Waals surface area contributed by atoms with Crippen molar-refractivity contribution in [1.82, 2.24) is 20.0 Å². The number of carboxylic acid groups (broad SMARTS) is 1. The van der Waals surface area contributed by atoms with Crippen LogP contribution in [0, 0.1) is 0 Å². The highest BCUT2D eigenvalue weighted by Crippen LogP contribution is 2.26. The van der Waals surface area contributed by atoms with Crippen molar-refractivity contribution in [3.8, 4) is 5.69 Å². The standard InChI is InChI=1S/C18H23ClN4O2/c1-2-22(12-18(24)25)17-7-15(8-17)20-9-13-10-21-23(11-13)16-5-3-14(19)4-6-16/h3-6,10-11,15,17,20H,2,7-9,12H2,1H3,(H,24,25). The molecule has 0 unspecified atom stereocenters. The lowest BCUT2D eigenvalue weighted by molar-refractivity contribution is -0.139. The molecule has 0 bridgehead atoms. The lowest BCUT2D eigenvalue weighted by Gasteiger charge is -2.42. The third-order valence-corrected chi connectivity index (χ3v) is 4.95. The molecular formula is C18H23ClN4O2. The predicted molar refractivity (Wildman–Crippen MR) is 97.1 cm³/mol. The highest BCUT2D eigenvalue weighted by atomic mass is 35.5. The number of halogens is 1. The van der Waals surface area contributed by atoms with E-state index in [1.54, 1.807) is 0 Å². The largest absolute Gasteiger partial charge is 0.480 e. The van der Waals surface area contributed by atoms with Gasteiger partial charge in [-0.3, -0.25) is 9.69 Å². The number of hydrogen-bond donors (Lipinski definition) is 2. The first-order valence-corrected chi connectivity index (χ1v) is 8.91. The number of carboxylic acids is 1. The van der Waals surface area contributed by atoms with E-state index in [1.807, 2.05) is 53.2 Å². The summed E-state index contributed by atoms with van der Waals surface area (Å²) in [7, 11) is 0. The van der Waals surface area contributed by atoms with Crippen LogP contribution in [0.3, 0.4) is 0 Å². The lowest BCUT2D eigenvalue weighted by atomic mass is 9.85. The van der Waals surface area contributed by atoms with Gasteiger partial charge in [-0.25, -0.2) is 4.68 Å². The predicted octanol–water partition coefficient (Wildman–Crippen LogP) is 2.55. The quantitative estimate of drug-likeness (QED) is 0.755. The van der Waals surface area contributed by atoms with Gasteiger partial charge < -0.3 is 10.4 Å². The number of nitrogens with one attached hydrogen (secondary N) is 1. The van der Waals surface area contributed by atoms with Crippen LogP contribution < -0.4 is 5.32 Å². The van der Waals surface area contributed by atoms with Gasteiger partial charge in [0.1, 0.15) is 0 Å². The van der Waals surface area contributed by atoms with Crippen LogP contribution in [0.15, 0.2) is 36.7 Å². The number of aliphatic carboxylic acids is 1. The fourth-order valence-electron chi connectivity index (χ4n) is 3.17. The molecule has 1 heterocycles. The summed E-state index contributed by atoms with van der Waals surface area (Å²) in [4.78, 5) is 12.9. The van der Waals surface area contributed by atoms with Crippen LogP contribution in [-0.4, -0.2) is 50.9 Å². The van der Waals surface area contributed by atoms with Gasteiger partial charge in [-0.15, -0.1) is 0 Å². The maximum absolute atomic E-state index is 10.9. The van der Waals surface area contributed by atoms with E-state index in [0.717, 1.165) is 37.2 Å². The number of benzene rings is 1. The number of hydrogen-bond acceptors (Lipinski definition) is 4. The maximum atomic E-state index is 10.9. The molecule has 1 aliphatic carbocycles. The van der Waals surface area contributed by atoms with Crippen molar-refractivity contribution in [2.24, 2.45) is 0 Å². The fourth-order valence-corrected chi connectivity index (χ4v) is 3.30. The fraction of sp³-hybridized carbons (Fsp3) is 0.444. The van der Waals surface area contributed by atoms with E-state index in [-0.39, 0.29) is 6.54 Å². The Hall–Kier alpha value is -1.89. The van der Waals surface area contributed by atoms with E-state index in [2.05, 4.69) is 10.4 Å². The van der Waals surface area contributed by atoms with Crippen molar-refractivity contribution < 1.29 is 9.90 Å². The minimum atomic E-state index is -0.757. The summed E-state index contributed by atoms with van der Waals surface area (Å²) in [6.07, 6.45) is 5.86. The summed E-state index contributed by atoms with van der Waals surface area (Å²) in [6.45, 7) is 3.67. The second-order valence-electron chi connectivity index (χ2n) is 6.43. The van der Waals surface area contributed by atoms with Crippen molar-refractivity contribution in [2.45, 2.75) is 38.4 Å². The van der Waals surface area contributed by atoms with E-state index in [1.165, 1.54) is 0 Å². The molecule has 0 radical (unpaired) electrons. The molecule has 2 N–H and O–H groups in total. The van der Waals surface area contributed by atoms with E-state index in [9.17, 15) is 4.79 Å². The molecule has 0 saturated heterocycles. The Morgan fingerprint density at radius 3 is 2.76 bits per heavy atom. The first-order chi connectivity index (χ1) is 12.0. The normalized spacial score (nSPS) is 19.8. The Morgan fingerprint density at radius 1 is 1.40 bits per heavy atom. The molecular weight excluding hydrogens is 340 g/mol. The van der Waals surface area contributed by atoms with Crippen molar-refractivity contribution in [3.05, 3.63) is 47.2 Å². The Labute approximate surface area is 152 Å². The van der Waals surface area contributed by atoms with Crippen molar-refractivity contribution in [3.63, 3.8) is 0 Å². The first kappa shape index (κ1) is 17.9. The van der Waals surface area contributed by atoms with Gasteiger partial charge in [0.25, 0.3) is 0 Å². The van der Waals surface area contributed by atoms with Crippen LogP contribution in [0.1, 0.15) is 25.3 Å². The van der Waals surface area contributed by atoms with Gasteiger partial charge in [0, 0.05) is 35.4 Å². The van der Waals surface area contributed by atoms with Crippen LogP contribution in [0.25, 0.3) is 5.69 Å². The molecule has 1 saturated carbocycles. The van der Waals surface area contributed by atoms with Crippen LogP contribution in [-0.2, 0) is 11.3 Å². The van der Waals surface area contributed by atoms with Crippen LogP contribution in [0.2, 0.25) is 5.02 Å². The molecule has 0 spiro atoms. The highest BCUT2D eigenvalue weighted by Gasteiger charge is 2.33. The minimum Gasteiger partial charge on any atom is -0.480 e. The molecule has 6 nitrogen and oxygen atoms in total. The average molecular weight is 363 g/mol. The Kier molecular flexibility index (Phi) is 5.73. The summed E-state index contributed by atoms with van der Waals surface area (Å²) < 4.78 is 1.84. The van der Waals surface area contributed by atoms with E-state index >= 15 is 0 Å². The number of aromatic nitrogens is 2. The summed E-state index contributed by atoms with van der Waals surface area (Å²) in [5, 5.41) is 17.6. The number of carbonyl (C=O) groups is 1. The van der Waals surface area contributed by atoms with Crippen molar-refractivity contribution in [1.29, 1.82) is 0 Å². The zero-order valence-electron chi connectivity index (χ0n) is 14.2. The Balaban J connectivity index is 1.46. The molecule has 2 aromatic rings. The summed E-state index contributed by atoms with van der Waals surface area (Å²) in [5.41, 5.74) is 2.10. The van der Waals surface area contributed by atoms with Crippen LogP contribution in [0.4, 0.5) is 0 Å². The maximum Gasteiger partial charge on any atom is 0.317 e. The van der Waals surface area contributed by atoms with Gasteiger partial charge in [-0.05, 0) is 43.7 Å². The van der Waals surface area contributed by atoms with Crippen molar-refractivity contribution in [2.75, 3.05) is 13.1 Å². The lowest BCUT2D eigenvalue weighted by Crippen LogP contribution is -2.53. The second-order valence-corrected chi connectivity index (χ2v) is 6.87. The van der Waals surface area contributed by atoms with E-state index in [0.29, 0.717) is 17.1 Å². The minimum absolute atomic E-state index is 0.127. The zero-order chi connectivity index (χ0) is 17.8. The molecule has 25 heavy (non-hydrogen) atoms. The average Bonchev–Trinajstić information content (AvgIpc) is 3.01. The van der Waals surface area contributed by atoms with Gasteiger partial charge >= 0.3 is 5.97 Å². The molecule has 1 fully saturated rings. The zero-order valence-corrected chi connectivity index (χ0v) is 15.0. The third kappa shape index (κ3) is 4.60. The third-order valence-electron chi connectivity index (χ3n) is 4.70. The van der Waals surface area contributed by atoms with Gasteiger partial charge in [0.2, 0.25) is 0 Å². The smallest absolute Gasteiger partial charge is 0.317 e. The molecule has 1 aromatic carbocycles. The summed E-state index contributed by atoms with van der Waals surface area (Å²) in [6, 6.07) is 8.38. The molecule has 0 atom stereocenters. The van der Waals surface area contributed by atoms with E-state index in [4.69, 9.17) is 16.7 Å². The Morgan fingerprint density at radius 2 is 2.12 bits per heavy atom. The summed E-state index contributed by atoms with van der Waals surface area (Å²) in [5.74, 6) is -0.757. The highest BCUT2D eigenvalue weighted by molar-refractivity contribution is 6.30. The monoisotopic (exact) mass is 362 g/mol. The van der Waals surface area contributed by atoms with Gasteiger partial charge in [0.05, 0.1) is 18.4 Å². The molecule has 7 heteroatoms. The molecule has 1 aromatic heterocycles. The van der Waals surface area contributed by atoms with E-state index < -0.39 is 5.97 Å². The molecule has 0 aliphatic heterocycles. The van der Waals surface area contributed by atoms with Gasteiger partial charge in [-0.1, -0.05) is 18.5 Å². The van der Waals surface area contributed by atoms with Crippen LogP contribution in [0.5, 0.6) is 0 Å². The number of nitrogens with zero attached hydrogens (tertiary/aromatic N) is 3. The van der Waals surface area contributed by atoms with Gasteiger partial charge in [0.15, 0.2) is 0 Å². The first-order valence-electron chi connectivity index (χ1n) is 8.54. The van der Waals surface area contributed by atoms with Crippen LogP contribution >= 0.6 is 11.6 Å². The summed E-state index contributed by atoms with van der Waals surface area (Å²) >= 11 is 5.91. The Bertz CT molecular complexity index is 710. The molecule has 1 aliphatic rings. The van der Waals surface area contributed by atoms with Crippen molar-refractivity contribution >= 4 is 17.6 Å². The molecule has 0 amide bonds. The second kappa shape index (κ2) is 7.99. The number of rotatable bonds is 8. The molecule has 134 valence electrons. The SMILES string of the molecule is CCN(CC(=O)O)C1CC(NCc2cnn(-c3ccc(Cl)cc3)c2)C1. The number of likely N-dealkylation sites (N-methyl/N-ethyl adjacent to an activating group) is 1. The van der Waals surface area contributed by atoms with Gasteiger partial charge in [-0.2, -0.15) is 5.10 Å². The molecule has 3 rings (SSSR count).